The minimum atomic E-state index is 0.530. The molecule has 0 aromatic carbocycles. The average molecular weight is 411 g/mol. The van der Waals surface area contributed by atoms with E-state index >= 15 is 0 Å². The second-order valence-corrected chi connectivity index (χ2v) is 14.9. The van der Waals surface area contributed by atoms with Gasteiger partial charge < -0.3 is 0 Å². The van der Waals surface area contributed by atoms with Gasteiger partial charge in [-0.15, -0.1) is 0 Å². The van der Waals surface area contributed by atoms with Gasteiger partial charge in [0.2, 0.25) is 0 Å². The SMILES string of the molecule is CC1(C)CCC[C@@]2(C)[C@@H]1CC[C@@]1(C)CC3=CC[C@H]4C(C)(C)CCC[C@]4(C)[C@H]3CC[C@H]12. The molecule has 0 unspecified atom stereocenters. The van der Waals surface area contributed by atoms with E-state index in [2.05, 4.69) is 54.5 Å². The third-order valence-electron chi connectivity index (χ3n) is 12.4. The van der Waals surface area contributed by atoms with Crippen molar-refractivity contribution in [1.82, 2.24) is 0 Å². The standard InChI is InChI=1S/C30H50/c1-26(2)15-8-17-29(6)22-11-13-25-28(5,20-21(22)10-12-23(26)29)19-14-24-27(3,4)16-9-18-30(24,25)7/h10,22-25H,8-9,11-20H2,1-7H3/t22-,23-,24+,25+,28-,29+,30-/m0/s1. The van der Waals surface area contributed by atoms with Crippen molar-refractivity contribution in [2.45, 2.75) is 126 Å². The molecule has 5 aliphatic carbocycles. The topological polar surface area (TPSA) is 0 Å². The molecular formula is C30H50. The van der Waals surface area contributed by atoms with Crippen molar-refractivity contribution in [3.05, 3.63) is 11.6 Å². The Morgan fingerprint density at radius 1 is 0.633 bits per heavy atom. The zero-order valence-corrected chi connectivity index (χ0v) is 21.4. The zero-order chi connectivity index (χ0) is 21.6. The number of fused-ring (bicyclic) bond motifs is 6. The summed E-state index contributed by atoms with van der Waals surface area (Å²) in [4.78, 5) is 0. The minimum Gasteiger partial charge on any atom is -0.0847 e. The Bertz CT molecular complexity index is 724. The minimum absolute atomic E-state index is 0.530. The highest BCUT2D eigenvalue weighted by atomic mass is 14.7. The second kappa shape index (κ2) is 6.63. The monoisotopic (exact) mass is 410 g/mol. The van der Waals surface area contributed by atoms with Gasteiger partial charge >= 0.3 is 0 Å². The van der Waals surface area contributed by atoms with Crippen LogP contribution in [0, 0.1) is 50.7 Å². The average Bonchev–Trinajstić information content (AvgIpc) is 2.77. The van der Waals surface area contributed by atoms with E-state index in [1.54, 1.807) is 0 Å². The molecule has 170 valence electrons. The summed E-state index contributed by atoms with van der Waals surface area (Å²) in [6.07, 6.45) is 20.3. The lowest BCUT2D eigenvalue weighted by atomic mass is 9.42. The summed E-state index contributed by atoms with van der Waals surface area (Å²) in [6.45, 7) is 18.6. The van der Waals surface area contributed by atoms with Crippen LogP contribution in [0.3, 0.4) is 0 Å². The van der Waals surface area contributed by atoms with Crippen molar-refractivity contribution < 1.29 is 0 Å². The molecule has 5 rings (SSSR count). The van der Waals surface area contributed by atoms with Gasteiger partial charge in [0, 0.05) is 0 Å². The molecule has 0 aromatic heterocycles. The number of allylic oxidation sites excluding steroid dienone is 2. The van der Waals surface area contributed by atoms with Crippen LogP contribution in [0.25, 0.3) is 0 Å². The first-order valence-corrected chi connectivity index (χ1v) is 13.6. The quantitative estimate of drug-likeness (QED) is 0.349. The third kappa shape index (κ3) is 2.90. The Kier molecular flexibility index (Phi) is 4.77. The predicted octanol–water partition coefficient (Wildman–Crippen LogP) is 9.20. The third-order valence-corrected chi connectivity index (χ3v) is 12.4. The van der Waals surface area contributed by atoms with Crippen molar-refractivity contribution in [1.29, 1.82) is 0 Å². The molecule has 7 atom stereocenters. The van der Waals surface area contributed by atoms with E-state index in [1.807, 2.05) is 5.57 Å². The number of hydrogen-bond donors (Lipinski definition) is 0. The van der Waals surface area contributed by atoms with Gasteiger partial charge in [0.1, 0.15) is 0 Å². The highest BCUT2D eigenvalue weighted by Gasteiger charge is 2.61. The first kappa shape index (κ1) is 21.6. The molecule has 4 fully saturated rings. The lowest BCUT2D eigenvalue weighted by molar-refractivity contribution is -0.129. The lowest BCUT2D eigenvalue weighted by Gasteiger charge is -2.62. The molecule has 0 nitrogen and oxygen atoms in total. The Labute approximate surface area is 188 Å². The van der Waals surface area contributed by atoms with E-state index in [-0.39, 0.29) is 0 Å². The molecule has 0 aromatic rings. The van der Waals surface area contributed by atoms with Gasteiger partial charge in [-0.1, -0.05) is 73.0 Å². The number of hydrogen-bond acceptors (Lipinski definition) is 0. The Hall–Kier alpha value is -0.260. The van der Waals surface area contributed by atoms with Crippen LogP contribution in [0.1, 0.15) is 126 Å². The molecule has 0 heteroatoms. The highest BCUT2D eigenvalue weighted by molar-refractivity contribution is 5.24. The maximum atomic E-state index is 2.79. The van der Waals surface area contributed by atoms with E-state index in [4.69, 9.17) is 0 Å². The van der Waals surface area contributed by atoms with Gasteiger partial charge in [-0.2, -0.15) is 0 Å². The summed E-state index contributed by atoms with van der Waals surface area (Å²) >= 11 is 0. The summed E-state index contributed by atoms with van der Waals surface area (Å²) in [6, 6.07) is 0. The normalized spacial score (nSPS) is 52.0. The molecule has 0 heterocycles. The van der Waals surface area contributed by atoms with Crippen molar-refractivity contribution in [2.24, 2.45) is 50.7 Å². The summed E-state index contributed by atoms with van der Waals surface area (Å²) in [5.74, 6) is 3.66. The van der Waals surface area contributed by atoms with Gasteiger partial charge in [0.25, 0.3) is 0 Å². The first-order chi connectivity index (χ1) is 13.9. The largest absolute Gasteiger partial charge is 0.0847 e. The van der Waals surface area contributed by atoms with Crippen molar-refractivity contribution in [2.75, 3.05) is 0 Å². The van der Waals surface area contributed by atoms with Crippen LogP contribution in [-0.2, 0) is 0 Å². The van der Waals surface area contributed by atoms with Gasteiger partial charge in [-0.3, -0.25) is 0 Å². The van der Waals surface area contributed by atoms with Crippen LogP contribution in [0.2, 0.25) is 0 Å². The van der Waals surface area contributed by atoms with Gasteiger partial charge in [-0.25, -0.2) is 0 Å². The summed E-state index contributed by atoms with van der Waals surface area (Å²) < 4.78 is 0. The Balaban J connectivity index is 1.51. The van der Waals surface area contributed by atoms with Crippen LogP contribution >= 0.6 is 0 Å². The maximum absolute atomic E-state index is 2.79. The van der Waals surface area contributed by atoms with E-state index < -0.39 is 0 Å². The zero-order valence-electron chi connectivity index (χ0n) is 21.4. The number of rotatable bonds is 0. The molecule has 0 radical (unpaired) electrons. The smallest absolute Gasteiger partial charge is 0.0146 e. The fourth-order valence-electron chi connectivity index (χ4n) is 11.2. The molecule has 0 amide bonds. The summed E-state index contributed by atoms with van der Waals surface area (Å²) in [5.41, 5.74) is 4.68. The van der Waals surface area contributed by atoms with Crippen LogP contribution < -0.4 is 0 Å². The predicted molar refractivity (Wildman–Crippen MR) is 129 cm³/mol. The van der Waals surface area contributed by atoms with E-state index in [0.717, 1.165) is 23.7 Å². The van der Waals surface area contributed by atoms with Crippen LogP contribution in [0.15, 0.2) is 11.6 Å². The molecule has 0 spiro atoms. The fraction of sp³-hybridized carbons (Fsp3) is 0.933. The molecule has 0 saturated heterocycles. The summed E-state index contributed by atoms with van der Waals surface area (Å²) in [5, 5.41) is 0. The van der Waals surface area contributed by atoms with Gasteiger partial charge in [0.15, 0.2) is 0 Å². The molecule has 0 aliphatic heterocycles. The van der Waals surface area contributed by atoms with E-state index in [9.17, 15) is 0 Å². The van der Waals surface area contributed by atoms with Gasteiger partial charge in [0.05, 0.1) is 0 Å². The van der Waals surface area contributed by atoms with Crippen molar-refractivity contribution in [3.63, 3.8) is 0 Å². The van der Waals surface area contributed by atoms with Crippen LogP contribution in [0.5, 0.6) is 0 Å². The molecule has 5 aliphatic rings. The highest BCUT2D eigenvalue weighted by Crippen LogP contribution is 2.70. The molecule has 4 saturated carbocycles. The first-order valence-electron chi connectivity index (χ1n) is 13.6. The van der Waals surface area contributed by atoms with Crippen molar-refractivity contribution >= 4 is 0 Å². The fourth-order valence-corrected chi connectivity index (χ4v) is 11.2. The maximum Gasteiger partial charge on any atom is -0.0146 e. The lowest BCUT2D eigenvalue weighted by Crippen LogP contribution is -2.54. The van der Waals surface area contributed by atoms with Gasteiger partial charge in [-0.05, 0) is 115 Å². The Morgan fingerprint density at radius 2 is 1.27 bits per heavy atom. The van der Waals surface area contributed by atoms with Crippen molar-refractivity contribution in [3.8, 4) is 0 Å². The Morgan fingerprint density at radius 3 is 1.97 bits per heavy atom. The summed E-state index contributed by atoms with van der Waals surface area (Å²) in [7, 11) is 0. The van der Waals surface area contributed by atoms with Crippen LogP contribution in [0.4, 0.5) is 0 Å². The molecule has 0 bridgehead atoms. The van der Waals surface area contributed by atoms with Crippen LogP contribution in [-0.4, -0.2) is 0 Å². The van der Waals surface area contributed by atoms with E-state index in [0.29, 0.717) is 27.1 Å². The molecule has 0 N–H and O–H groups in total. The van der Waals surface area contributed by atoms with E-state index in [1.165, 1.54) is 77.0 Å². The molecular weight excluding hydrogens is 360 g/mol. The second-order valence-electron chi connectivity index (χ2n) is 14.9. The molecule has 30 heavy (non-hydrogen) atoms.